The number of fused-ring (bicyclic) bond motifs is 1. The average molecular weight is 379 g/mol. The van der Waals surface area contributed by atoms with Gasteiger partial charge in [-0.2, -0.15) is 11.8 Å². The van der Waals surface area contributed by atoms with E-state index < -0.39 is 0 Å². The number of methoxy groups -OCH3 is 1. The number of ether oxygens (including phenoxy) is 1. The van der Waals surface area contributed by atoms with E-state index >= 15 is 0 Å². The van der Waals surface area contributed by atoms with Crippen molar-refractivity contribution in [1.82, 2.24) is 16.0 Å². The van der Waals surface area contributed by atoms with E-state index in [1.165, 1.54) is 7.11 Å². The van der Waals surface area contributed by atoms with Gasteiger partial charge in [0.25, 0.3) is 0 Å². The van der Waals surface area contributed by atoms with Gasteiger partial charge < -0.3 is 25.8 Å². The molecule has 2 aliphatic rings. The zero-order valence-electron chi connectivity index (χ0n) is 14.8. The molecule has 0 aromatic heterocycles. The van der Waals surface area contributed by atoms with E-state index in [1.54, 1.807) is 18.2 Å². The molecule has 2 saturated heterocycles. The number of phenols is 1. The van der Waals surface area contributed by atoms with Gasteiger partial charge in [-0.25, -0.2) is 4.79 Å². The van der Waals surface area contributed by atoms with E-state index in [-0.39, 0.29) is 29.8 Å². The Morgan fingerprint density at radius 3 is 3.04 bits per heavy atom. The summed E-state index contributed by atoms with van der Waals surface area (Å²) in [7, 11) is 1.50. The minimum absolute atomic E-state index is 0.0184. The third kappa shape index (κ3) is 4.55. The number of carbonyl (C=O) groups is 2. The van der Waals surface area contributed by atoms with Crippen LogP contribution in [-0.2, 0) is 11.3 Å². The predicted molar refractivity (Wildman–Crippen MR) is 100 cm³/mol. The van der Waals surface area contributed by atoms with Crippen molar-refractivity contribution < 1.29 is 19.4 Å². The van der Waals surface area contributed by atoms with Crippen LogP contribution in [-0.4, -0.2) is 47.2 Å². The Kier molecular flexibility index (Phi) is 6.13. The van der Waals surface area contributed by atoms with Crippen LogP contribution in [0.2, 0.25) is 0 Å². The average Bonchev–Trinajstić information content (AvgIpc) is 3.17. The lowest BCUT2D eigenvalue weighted by molar-refractivity contribution is -0.121. The molecule has 1 aromatic rings. The Morgan fingerprint density at radius 1 is 1.38 bits per heavy atom. The van der Waals surface area contributed by atoms with Crippen LogP contribution >= 0.6 is 11.8 Å². The Morgan fingerprint density at radius 2 is 2.23 bits per heavy atom. The number of benzene rings is 1. The molecule has 0 spiro atoms. The maximum atomic E-state index is 12.0. The third-order valence-electron chi connectivity index (χ3n) is 4.81. The zero-order chi connectivity index (χ0) is 18.5. The molecule has 4 N–H and O–H groups in total. The second kappa shape index (κ2) is 8.53. The van der Waals surface area contributed by atoms with Gasteiger partial charge in [-0.1, -0.05) is 12.5 Å². The number of rotatable bonds is 8. The predicted octanol–water partition coefficient (Wildman–Crippen LogP) is 1.74. The summed E-state index contributed by atoms with van der Waals surface area (Å²) in [6.45, 7) is 0.412. The fourth-order valence-corrected chi connectivity index (χ4v) is 4.94. The van der Waals surface area contributed by atoms with Crippen molar-refractivity contribution in [3.63, 3.8) is 0 Å². The van der Waals surface area contributed by atoms with Gasteiger partial charge in [-0.3, -0.25) is 4.79 Å². The van der Waals surface area contributed by atoms with E-state index in [4.69, 9.17) is 4.74 Å². The highest BCUT2D eigenvalue weighted by Crippen LogP contribution is 2.33. The van der Waals surface area contributed by atoms with Gasteiger partial charge >= 0.3 is 6.03 Å². The van der Waals surface area contributed by atoms with E-state index in [0.717, 1.165) is 30.6 Å². The zero-order valence-corrected chi connectivity index (χ0v) is 15.6. The summed E-state index contributed by atoms with van der Waals surface area (Å²) >= 11 is 1.90. The van der Waals surface area contributed by atoms with Crippen LogP contribution in [0.5, 0.6) is 11.5 Å². The number of carbonyl (C=O) groups excluding carboxylic acids is 2. The fourth-order valence-electron chi connectivity index (χ4n) is 3.40. The summed E-state index contributed by atoms with van der Waals surface area (Å²) in [5, 5.41) is 18.8. The highest BCUT2D eigenvalue weighted by atomic mass is 32.2. The van der Waals surface area contributed by atoms with Gasteiger partial charge in [0.05, 0.1) is 19.2 Å². The number of thioether (sulfide) groups is 1. The Hall–Kier alpha value is -2.09. The first-order valence-electron chi connectivity index (χ1n) is 8.88. The molecule has 142 valence electrons. The summed E-state index contributed by atoms with van der Waals surface area (Å²) in [4.78, 5) is 23.4. The molecule has 0 bridgehead atoms. The fraction of sp³-hybridized carbons (Fsp3) is 0.556. The van der Waals surface area contributed by atoms with Crippen LogP contribution in [0.1, 0.15) is 31.2 Å². The quantitative estimate of drug-likeness (QED) is 0.407. The molecule has 3 atom stereocenters. The van der Waals surface area contributed by atoms with Crippen LogP contribution in [0.25, 0.3) is 0 Å². The van der Waals surface area contributed by atoms with E-state index in [0.29, 0.717) is 24.0 Å². The molecule has 2 heterocycles. The molecule has 0 aliphatic carbocycles. The first-order valence-corrected chi connectivity index (χ1v) is 9.93. The van der Waals surface area contributed by atoms with Crippen molar-refractivity contribution in [1.29, 1.82) is 0 Å². The third-order valence-corrected chi connectivity index (χ3v) is 6.32. The smallest absolute Gasteiger partial charge is 0.315 e. The summed E-state index contributed by atoms with van der Waals surface area (Å²) < 4.78 is 5.06. The van der Waals surface area contributed by atoms with Gasteiger partial charge in [-0.05, 0) is 30.5 Å². The Bertz CT molecular complexity index is 670. The largest absolute Gasteiger partial charge is 0.504 e. The number of hydrogen-bond donors (Lipinski definition) is 4. The Balaban J connectivity index is 1.33. The highest BCUT2D eigenvalue weighted by Gasteiger charge is 2.42. The minimum Gasteiger partial charge on any atom is -0.504 e. The molecular formula is C18H25N3O4S. The standard InChI is InChI=1S/C18H25N3O4S/c1-25-14-8-11(6-7-13(14)22)9-19-16(23)5-3-2-4-15-17-12(10-26-15)20-18(24)21-17/h6-8,12,15,17,22H,2-5,9-10H2,1H3,(H,19,23)(H2,20,21,24)/t12-,15-,17-/m0/s1. The SMILES string of the molecule is COc1cc(CNC(=O)CCCC[C@@H]2SC[C@@H]3NC(=O)N[C@@H]32)ccc1O. The number of phenolic OH excluding ortho intramolecular Hbond substituents is 1. The van der Waals surface area contributed by atoms with E-state index in [1.807, 2.05) is 11.8 Å². The maximum Gasteiger partial charge on any atom is 0.315 e. The number of unbranched alkanes of at least 4 members (excludes halogenated alkanes) is 1. The lowest BCUT2D eigenvalue weighted by atomic mass is 10.0. The molecule has 2 fully saturated rings. The molecule has 26 heavy (non-hydrogen) atoms. The highest BCUT2D eigenvalue weighted by molar-refractivity contribution is 8.00. The summed E-state index contributed by atoms with van der Waals surface area (Å²) in [6.07, 6.45) is 3.30. The molecule has 7 nitrogen and oxygen atoms in total. The summed E-state index contributed by atoms with van der Waals surface area (Å²) in [6, 6.07) is 5.46. The molecule has 1 aromatic carbocycles. The number of nitrogens with one attached hydrogen (secondary N) is 3. The van der Waals surface area contributed by atoms with Crippen molar-refractivity contribution in [2.45, 2.75) is 49.6 Å². The van der Waals surface area contributed by atoms with Crippen molar-refractivity contribution in [2.24, 2.45) is 0 Å². The van der Waals surface area contributed by atoms with Crippen LogP contribution in [0, 0.1) is 0 Å². The second-order valence-electron chi connectivity index (χ2n) is 6.65. The molecule has 0 saturated carbocycles. The molecule has 3 rings (SSSR count). The maximum absolute atomic E-state index is 12.0. The first-order chi connectivity index (χ1) is 12.6. The molecule has 0 radical (unpaired) electrons. The topological polar surface area (TPSA) is 99.7 Å². The number of urea groups is 1. The van der Waals surface area contributed by atoms with E-state index in [9.17, 15) is 14.7 Å². The van der Waals surface area contributed by atoms with Crippen LogP contribution in [0.3, 0.4) is 0 Å². The van der Waals surface area contributed by atoms with Crippen LogP contribution in [0.15, 0.2) is 18.2 Å². The van der Waals surface area contributed by atoms with Crippen molar-refractivity contribution >= 4 is 23.7 Å². The lowest BCUT2D eigenvalue weighted by Gasteiger charge is -2.16. The number of hydrogen-bond acceptors (Lipinski definition) is 5. The molecule has 2 aliphatic heterocycles. The van der Waals surface area contributed by atoms with Crippen molar-refractivity contribution in [2.75, 3.05) is 12.9 Å². The summed E-state index contributed by atoms with van der Waals surface area (Å²) in [5.41, 5.74) is 0.880. The van der Waals surface area contributed by atoms with Crippen LogP contribution in [0.4, 0.5) is 4.79 Å². The summed E-state index contributed by atoms with van der Waals surface area (Å²) in [5.74, 6) is 1.47. The van der Waals surface area contributed by atoms with Gasteiger partial charge in [0.15, 0.2) is 11.5 Å². The first kappa shape index (κ1) is 18.7. The minimum atomic E-state index is -0.0597. The Labute approximate surface area is 157 Å². The molecular weight excluding hydrogens is 354 g/mol. The van der Waals surface area contributed by atoms with Crippen molar-refractivity contribution in [3.05, 3.63) is 23.8 Å². The van der Waals surface area contributed by atoms with Crippen molar-refractivity contribution in [3.8, 4) is 11.5 Å². The second-order valence-corrected chi connectivity index (χ2v) is 7.92. The normalized spacial score (nSPS) is 23.9. The van der Waals surface area contributed by atoms with E-state index in [2.05, 4.69) is 16.0 Å². The molecule has 3 amide bonds. The number of amides is 3. The van der Waals surface area contributed by atoms with Gasteiger partial charge in [0.1, 0.15) is 0 Å². The molecule has 8 heteroatoms. The lowest BCUT2D eigenvalue weighted by Crippen LogP contribution is -2.36. The van der Waals surface area contributed by atoms with Crippen LogP contribution < -0.4 is 20.7 Å². The number of aromatic hydroxyl groups is 1. The van der Waals surface area contributed by atoms with Gasteiger partial charge in [-0.15, -0.1) is 0 Å². The van der Waals surface area contributed by atoms with Gasteiger partial charge in [0, 0.05) is 24.0 Å². The monoisotopic (exact) mass is 379 g/mol. The molecule has 0 unspecified atom stereocenters. The van der Waals surface area contributed by atoms with Gasteiger partial charge in [0.2, 0.25) is 5.91 Å².